The number of likely N-dealkylation sites (tertiary alicyclic amines) is 1. The van der Waals surface area contributed by atoms with Crippen molar-refractivity contribution in [2.75, 3.05) is 13.1 Å². The predicted molar refractivity (Wildman–Crippen MR) is 90.5 cm³/mol. The maximum absolute atomic E-state index is 12.2. The Morgan fingerprint density at radius 1 is 1.36 bits per heavy atom. The highest BCUT2D eigenvalue weighted by Crippen LogP contribution is 2.34. The Hall–Kier alpha value is -1.64. The zero-order chi connectivity index (χ0) is 16.0. The molecule has 1 fully saturated rings. The van der Waals surface area contributed by atoms with Gasteiger partial charge in [-0.1, -0.05) is 18.6 Å². The number of aromatic nitrogens is 1. The van der Waals surface area contributed by atoms with E-state index in [9.17, 15) is 4.79 Å². The molecule has 0 N–H and O–H groups in total. The molecule has 0 aromatic carbocycles. The van der Waals surface area contributed by atoms with Crippen molar-refractivity contribution in [2.45, 2.75) is 52.9 Å². The van der Waals surface area contributed by atoms with Crippen LogP contribution in [0.25, 0.3) is 0 Å². The molecule has 0 spiro atoms. The molecule has 120 valence electrons. The largest absolute Gasteiger partial charge is 0.342 e. The molecule has 3 heteroatoms. The molecule has 22 heavy (non-hydrogen) atoms. The van der Waals surface area contributed by atoms with Gasteiger partial charge in [-0.25, -0.2) is 0 Å². The number of nitrogens with zero attached hydrogens (tertiary/aromatic N) is 2. The van der Waals surface area contributed by atoms with Crippen molar-refractivity contribution < 1.29 is 4.79 Å². The molecule has 1 aliphatic heterocycles. The first kappa shape index (κ1) is 16.7. The number of hydrogen-bond acceptors (Lipinski definition) is 2. The maximum Gasteiger partial charge on any atom is 0.222 e. The molecule has 1 aliphatic rings. The average molecular weight is 300 g/mol. The molecule has 3 nitrogen and oxygen atoms in total. The number of carbonyl (C=O) groups excluding carboxylic acids is 1. The van der Waals surface area contributed by atoms with Gasteiger partial charge < -0.3 is 4.90 Å². The Balaban J connectivity index is 1.90. The second-order valence-corrected chi connectivity index (χ2v) is 7.05. The molecular weight excluding hydrogens is 272 g/mol. The van der Waals surface area contributed by atoms with E-state index in [1.807, 2.05) is 24.5 Å². The van der Waals surface area contributed by atoms with E-state index in [0.717, 1.165) is 38.8 Å². The van der Waals surface area contributed by atoms with Gasteiger partial charge in [0.1, 0.15) is 0 Å². The number of rotatable bonds is 6. The summed E-state index contributed by atoms with van der Waals surface area (Å²) in [7, 11) is 0. The minimum absolute atomic E-state index is 0.262. The fraction of sp³-hybridized carbons (Fsp3) is 0.579. The van der Waals surface area contributed by atoms with Crippen molar-refractivity contribution >= 4 is 5.91 Å². The quantitative estimate of drug-likeness (QED) is 0.744. The van der Waals surface area contributed by atoms with Gasteiger partial charge in [0.25, 0.3) is 0 Å². The second kappa shape index (κ2) is 7.57. The average Bonchev–Trinajstić information content (AvgIpc) is 2.49. The van der Waals surface area contributed by atoms with Crippen LogP contribution < -0.4 is 0 Å². The normalized spacial score (nSPS) is 21.8. The van der Waals surface area contributed by atoms with Gasteiger partial charge in [-0.15, -0.1) is 0 Å². The number of carbonyl (C=O) groups is 1. The van der Waals surface area contributed by atoms with Gasteiger partial charge in [0.2, 0.25) is 5.91 Å². The highest BCUT2D eigenvalue weighted by molar-refractivity contribution is 5.77. The third kappa shape index (κ3) is 4.97. The molecule has 0 bridgehead atoms. The molecule has 2 rings (SSSR count). The van der Waals surface area contributed by atoms with Crippen LogP contribution >= 0.6 is 0 Å². The van der Waals surface area contributed by atoms with Gasteiger partial charge in [-0.2, -0.15) is 0 Å². The van der Waals surface area contributed by atoms with E-state index in [-0.39, 0.29) is 5.41 Å². The second-order valence-electron chi connectivity index (χ2n) is 7.05. The minimum atomic E-state index is 0.262. The standard InChI is InChI=1S/C19H28N2O/c1-16(2)5-4-10-19(3)11-6-18(22)21(15-19)14-9-17-7-12-20-13-8-17/h5,7-8,12-13H,4,6,9-11,14-15H2,1-3H3/t19-/m0/s1. The van der Waals surface area contributed by atoms with Crippen molar-refractivity contribution in [3.8, 4) is 0 Å². The lowest BCUT2D eigenvalue weighted by atomic mass is 9.77. The topological polar surface area (TPSA) is 33.2 Å². The third-order valence-electron chi connectivity index (χ3n) is 4.59. The van der Waals surface area contributed by atoms with Crippen LogP contribution in [0.3, 0.4) is 0 Å². The van der Waals surface area contributed by atoms with Gasteiger partial charge in [0.05, 0.1) is 0 Å². The van der Waals surface area contributed by atoms with Crippen molar-refractivity contribution in [3.05, 3.63) is 41.7 Å². The Kier molecular flexibility index (Phi) is 5.76. The molecule has 1 aromatic heterocycles. The molecule has 1 atom stereocenters. The summed E-state index contributed by atoms with van der Waals surface area (Å²) in [5.41, 5.74) is 2.89. The fourth-order valence-electron chi connectivity index (χ4n) is 3.13. The van der Waals surface area contributed by atoms with Crippen LogP contribution in [-0.4, -0.2) is 28.9 Å². The summed E-state index contributed by atoms with van der Waals surface area (Å²) < 4.78 is 0. The van der Waals surface area contributed by atoms with Gasteiger partial charge in [0, 0.05) is 31.9 Å². The van der Waals surface area contributed by atoms with Crippen LogP contribution in [0.15, 0.2) is 36.2 Å². The number of pyridine rings is 1. The predicted octanol–water partition coefficient (Wildman–Crippen LogP) is 4.00. The van der Waals surface area contributed by atoms with Crippen LogP contribution in [0.4, 0.5) is 0 Å². The monoisotopic (exact) mass is 300 g/mol. The molecule has 0 aliphatic carbocycles. The zero-order valence-corrected chi connectivity index (χ0v) is 14.1. The Morgan fingerprint density at radius 3 is 2.77 bits per heavy atom. The molecule has 0 saturated carbocycles. The minimum Gasteiger partial charge on any atom is -0.342 e. The summed E-state index contributed by atoms with van der Waals surface area (Å²) in [5.74, 6) is 0.314. The van der Waals surface area contributed by atoms with E-state index in [4.69, 9.17) is 0 Å². The SMILES string of the molecule is CC(C)=CCC[C@@]1(C)CCC(=O)N(CCc2ccncc2)C1. The van der Waals surface area contributed by atoms with Gasteiger partial charge in [-0.05, 0) is 62.6 Å². The third-order valence-corrected chi connectivity index (χ3v) is 4.59. The molecule has 1 saturated heterocycles. The molecule has 1 aromatic rings. The summed E-state index contributed by atoms with van der Waals surface area (Å²) in [4.78, 5) is 18.3. The molecular formula is C19H28N2O. The van der Waals surface area contributed by atoms with Crippen LogP contribution in [0.2, 0.25) is 0 Å². The lowest BCUT2D eigenvalue weighted by molar-refractivity contribution is -0.137. The Morgan fingerprint density at radius 2 is 2.09 bits per heavy atom. The lowest BCUT2D eigenvalue weighted by Gasteiger charge is -2.40. The highest BCUT2D eigenvalue weighted by Gasteiger charge is 2.33. The van der Waals surface area contributed by atoms with Crippen molar-refractivity contribution in [1.82, 2.24) is 9.88 Å². The summed E-state index contributed by atoms with van der Waals surface area (Å²) in [6.45, 7) is 8.34. The highest BCUT2D eigenvalue weighted by atomic mass is 16.2. The number of hydrogen-bond donors (Lipinski definition) is 0. The van der Waals surface area contributed by atoms with Crippen LogP contribution in [0.5, 0.6) is 0 Å². The maximum atomic E-state index is 12.2. The molecule has 1 amide bonds. The zero-order valence-electron chi connectivity index (χ0n) is 14.1. The number of piperidine rings is 1. The van der Waals surface area contributed by atoms with Crippen LogP contribution in [0, 0.1) is 5.41 Å². The van der Waals surface area contributed by atoms with Gasteiger partial charge in [0.15, 0.2) is 0 Å². The van der Waals surface area contributed by atoms with E-state index in [1.165, 1.54) is 11.1 Å². The van der Waals surface area contributed by atoms with Crippen molar-refractivity contribution in [1.29, 1.82) is 0 Å². The number of amides is 1. The van der Waals surface area contributed by atoms with E-state index in [1.54, 1.807) is 0 Å². The Bertz CT molecular complexity index is 519. The smallest absolute Gasteiger partial charge is 0.222 e. The summed E-state index contributed by atoms with van der Waals surface area (Å²) >= 11 is 0. The molecule has 0 unspecified atom stereocenters. The first-order chi connectivity index (χ1) is 10.5. The number of allylic oxidation sites excluding steroid dienone is 2. The van der Waals surface area contributed by atoms with Crippen LogP contribution in [-0.2, 0) is 11.2 Å². The molecule has 2 heterocycles. The van der Waals surface area contributed by atoms with Crippen molar-refractivity contribution in [2.24, 2.45) is 5.41 Å². The van der Waals surface area contributed by atoms with Gasteiger partial charge >= 0.3 is 0 Å². The summed E-state index contributed by atoms with van der Waals surface area (Å²) in [6.07, 6.45) is 10.9. The molecule has 0 radical (unpaired) electrons. The fourth-order valence-corrected chi connectivity index (χ4v) is 3.13. The Labute approximate surface area is 134 Å². The van der Waals surface area contributed by atoms with E-state index in [0.29, 0.717) is 12.3 Å². The van der Waals surface area contributed by atoms with Crippen LogP contribution in [0.1, 0.15) is 52.0 Å². The van der Waals surface area contributed by atoms with E-state index < -0.39 is 0 Å². The first-order valence-electron chi connectivity index (χ1n) is 8.29. The summed E-state index contributed by atoms with van der Waals surface area (Å²) in [6, 6.07) is 4.06. The van der Waals surface area contributed by atoms with Gasteiger partial charge in [-0.3, -0.25) is 9.78 Å². The first-order valence-corrected chi connectivity index (χ1v) is 8.29. The van der Waals surface area contributed by atoms with E-state index in [2.05, 4.69) is 36.7 Å². The summed E-state index contributed by atoms with van der Waals surface area (Å²) in [5, 5.41) is 0. The van der Waals surface area contributed by atoms with Crippen molar-refractivity contribution in [3.63, 3.8) is 0 Å². The van der Waals surface area contributed by atoms with E-state index >= 15 is 0 Å². The lowest BCUT2D eigenvalue weighted by Crippen LogP contribution is -2.45.